The molecule has 2 atom stereocenters. The van der Waals surface area contributed by atoms with E-state index in [1.807, 2.05) is 78.8 Å². The van der Waals surface area contributed by atoms with Gasteiger partial charge in [-0.25, -0.2) is 9.59 Å². The SMILES string of the molecule is CC1C(c2ccccc2)N(C(=O)OC(C)(C)C)CCN1C(=O)OC(C)(C)C. The third-order valence-electron chi connectivity index (χ3n) is 4.26. The number of hydrogen-bond donors (Lipinski definition) is 0. The first kappa shape index (κ1) is 21.1. The summed E-state index contributed by atoms with van der Waals surface area (Å²) in [6.45, 7) is 13.8. The zero-order valence-electron chi connectivity index (χ0n) is 17.5. The van der Waals surface area contributed by atoms with E-state index in [1.165, 1.54) is 0 Å². The third-order valence-corrected chi connectivity index (χ3v) is 4.26. The van der Waals surface area contributed by atoms with Gasteiger partial charge in [0.15, 0.2) is 0 Å². The van der Waals surface area contributed by atoms with Crippen molar-refractivity contribution in [3.05, 3.63) is 35.9 Å². The zero-order valence-corrected chi connectivity index (χ0v) is 17.5. The van der Waals surface area contributed by atoms with Crippen LogP contribution >= 0.6 is 0 Å². The Morgan fingerprint density at radius 2 is 1.30 bits per heavy atom. The van der Waals surface area contributed by atoms with Crippen molar-refractivity contribution in [2.45, 2.75) is 71.8 Å². The first-order chi connectivity index (χ1) is 12.4. The fourth-order valence-corrected chi connectivity index (χ4v) is 3.20. The number of ether oxygens (including phenoxy) is 2. The zero-order chi connectivity index (χ0) is 20.4. The maximum Gasteiger partial charge on any atom is 0.410 e. The van der Waals surface area contributed by atoms with Gasteiger partial charge in [0.25, 0.3) is 0 Å². The van der Waals surface area contributed by atoms with Crippen LogP contribution in [0.3, 0.4) is 0 Å². The predicted molar refractivity (Wildman–Crippen MR) is 105 cm³/mol. The Balaban J connectivity index is 2.31. The molecule has 6 nitrogen and oxygen atoms in total. The predicted octanol–water partition coefficient (Wildman–Crippen LogP) is 4.60. The summed E-state index contributed by atoms with van der Waals surface area (Å²) in [5.74, 6) is 0. The van der Waals surface area contributed by atoms with E-state index in [2.05, 4.69) is 0 Å². The van der Waals surface area contributed by atoms with E-state index >= 15 is 0 Å². The molecule has 1 aromatic rings. The van der Waals surface area contributed by atoms with Gasteiger partial charge in [-0.05, 0) is 54.0 Å². The van der Waals surface area contributed by atoms with Gasteiger partial charge >= 0.3 is 12.2 Å². The van der Waals surface area contributed by atoms with Crippen molar-refractivity contribution in [1.29, 1.82) is 0 Å². The number of carbonyl (C=O) groups is 2. The fraction of sp³-hybridized carbons (Fsp3) is 0.619. The summed E-state index contributed by atoms with van der Waals surface area (Å²) >= 11 is 0. The molecule has 150 valence electrons. The Kier molecular flexibility index (Phi) is 6.07. The summed E-state index contributed by atoms with van der Waals surface area (Å²) in [4.78, 5) is 28.9. The van der Waals surface area contributed by atoms with Crippen molar-refractivity contribution in [3.63, 3.8) is 0 Å². The summed E-state index contributed by atoms with van der Waals surface area (Å²) in [6, 6.07) is 9.18. The number of amides is 2. The number of benzene rings is 1. The van der Waals surface area contributed by atoms with Crippen molar-refractivity contribution in [2.24, 2.45) is 0 Å². The van der Waals surface area contributed by atoms with Crippen LogP contribution < -0.4 is 0 Å². The van der Waals surface area contributed by atoms with E-state index in [0.717, 1.165) is 5.56 Å². The molecular formula is C21H32N2O4. The molecule has 1 heterocycles. The van der Waals surface area contributed by atoms with E-state index in [4.69, 9.17) is 9.47 Å². The van der Waals surface area contributed by atoms with E-state index in [1.54, 1.807) is 9.80 Å². The van der Waals surface area contributed by atoms with Crippen LogP contribution in [0, 0.1) is 0 Å². The summed E-state index contributed by atoms with van der Waals surface area (Å²) in [7, 11) is 0. The second-order valence-corrected chi connectivity index (χ2v) is 8.94. The molecule has 6 heteroatoms. The molecule has 1 saturated heterocycles. The first-order valence-corrected chi connectivity index (χ1v) is 9.43. The monoisotopic (exact) mass is 376 g/mol. The molecule has 0 saturated carbocycles. The quantitative estimate of drug-likeness (QED) is 0.718. The smallest absolute Gasteiger partial charge is 0.410 e. The average molecular weight is 376 g/mol. The second-order valence-electron chi connectivity index (χ2n) is 8.94. The molecule has 2 amide bonds. The Bertz CT molecular complexity index is 661. The molecule has 1 fully saturated rings. The number of hydrogen-bond acceptors (Lipinski definition) is 4. The maximum absolute atomic E-state index is 12.8. The van der Waals surface area contributed by atoms with Gasteiger partial charge in [-0.15, -0.1) is 0 Å². The van der Waals surface area contributed by atoms with Crippen LogP contribution in [0.4, 0.5) is 9.59 Å². The van der Waals surface area contributed by atoms with Gasteiger partial charge in [-0.1, -0.05) is 30.3 Å². The van der Waals surface area contributed by atoms with Crippen molar-refractivity contribution >= 4 is 12.2 Å². The molecule has 27 heavy (non-hydrogen) atoms. The highest BCUT2D eigenvalue weighted by Gasteiger charge is 2.42. The summed E-state index contributed by atoms with van der Waals surface area (Å²) in [5, 5.41) is 0. The van der Waals surface area contributed by atoms with E-state index in [9.17, 15) is 9.59 Å². The summed E-state index contributed by atoms with van der Waals surface area (Å²) in [6.07, 6.45) is -0.730. The van der Waals surface area contributed by atoms with Gasteiger partial charge < -0.3 is 14.4 Å². The Morgan fingerprint density at radius 1 is 0.852 bits per heavy atom. The Hall–Kier alpha value is -2.24. The number of piperazine rings is 1. The van der Waals surface area contributed by atoms with Crippen LogP contribution in [0.25, 0.3) is 0 Å². The molecular weight excluding hydrogens is 344 g/mol. The minimum absolute atomic E-state index is 0.247. The van der Waals surface area contributed by atoms with Crippen LogP contribution in [0.15, 0.2) is 30.3 Å². The number of carbonyl (C=O) groups excluding carboxylic acids is 2. The van der Waals surface area contributed by atoms with E-state index in [0.29, 0.717) is 13.1 Å². The summed E-state index contributed by atoms with van der Waals surface area (Å²) in [5.41, 5.74) is -0.185. The maximum atomic E-state index is 12.8. The molecule has 0 spiro atoms. The van der Waals surface area contributed by atoms with Gasteiger partial charge in [0.05, 0.1) is 12.1 Å². The largest absolute Gasteiger partial charge is 0.444 e. The van der Waals surface area contributed by atoms with Crippen LogP contribution in [0.2, 0.25) is 0 Å². The van der Waals surface area contributed by atoms with Crippen LogP contribution in [-0.4, -0.2) is 52.3 Å². The van der Waals surface area contributed by atoms with Crippen molar-refractivity contribution in [3.8, 4) is 0 Å². The van der Waals surface area contributed by atoms with Gasteiger partial charge in [0.1, 0.15) is 11.2 Å². The molecule has 0 radical (unpaired) electrons. The molecule has 1 aliphatic heterocycles. The molecule has 1 aromatic carbocycles. The Labute approximate surface area is 162 Å². The standard InChI is InChI=1S/C21H32N2O4/c1-15-17(16-11-9-8-10-12-16)23(19(25)27-21(5,6)7)14-13-22(15)18(24)26-20(2,3)4/h8-12,15,17H,13-14H2,1-7H3. The molecule has 0 aromatic heterocycles. The highest BCUT2D eigenvalue weighted by atomic mass is 16.6. The summed E-state index contributed by atoms with van der Waals surface area (Å²) < 4.78 is 11.2. The van der Waals surface area contributed by atoms with Gasteiger partial charge in [-0.2, -0.15) is 0 Å². The lowest BCUT2D eigenvalue weighted by Crippen LogP contribution is -2.58. The molecule has 0 aliphatic carbocycles. The van der Waals surface area contributed by atoms with Crippen LogP contribution in [0.1, 0.15) is 60.1 Å². The minimum Gasteiger partial charge on any atom is -0.444 e. The van der Waals surface area contributed by atoms with Gasteiger partial charge in [0.2, 0.25) is 0 Å². The minimum atomic E-state index is -0.580. The van der Waals surface area contributed by atoms with E-state index < -0.39 is 11.2 Å². The lowest BCUT2D eigenvalue weighted by atomic mass is 9.95. The van der Waals surface area contributed by atoms with Crippen molar-refractivity contribution < 1.29 is 19.1 Å². The molecule has 0 bridgehead atoms. The van der Waals surface area contributed by atoms with E-state index in [-0.39, 0.29) is 24.3 Å². The third kappa shape index (κ3) is 5.62. The number of rotatable bonds is 1. The highest BCUT2D eigenvalue weighted by Crippen LogP contribution is 2.33. The van der Waals surface area contributed by atoms with Gasteiger partial charge in [-0.3, -0.25) is 4.90 Å². The second kappa shape index (κ2) is 7.79. The van der Waals surface area contributed by atoms with Crippen LogP contribution in [-0.2, 0) is 9.47 Å². The van der Waals surface area contributed by atoms with Gasteiger partial charge in [0, 0.05) is 13.1 Å². The van der Waals surface area contributed by atoms with Crippen molar-refractivity contribution in [2.75, 3.05) is 13.1 Å². The molecule has 0 N–H and O–H groups in total. The fourth-order valence-electron chi connectivity index (χ4n) is 3.20. The lowest BCUT2D eigenvalue weighted by Gasteiger charge is -2.46. The molecule has 1 aliphatic rings. The first-order valence-electron chi connectivity index (χ1n) is 9.43. The number of nitrogens with zero attached hydrogens (tertiary/aromatic N) is 2. The lowest BCUT2D eigenvalue weighted by molar-refractivity contribution is -0.0313. The highest BCUT2D eigenvalue weighted by molar-refractivity contribution is 5.72. The molecule has 2 rings (SSSR count). The Morgan fingerprint density at radius 3 is 1.78 bits per heavy atom. The molecule has 2 unspecified atom stereocenters. The normalized spacial score (nSPS) is 21.0. The van der Waals surface area contributed by atoms with Crippen molar-refractivity contribution in [1.82, 2.24) is 9.80 Å². The average Bonchev–Trinajstić information content (AvgIpc) is 2.51. The topological polar surface area (TPSA) is 59.1 Å². The van der Waals surface area contributed by atoms with Crippen LogP contribution in [0.5, 0.6) is 0 Å².